The summed E-state index contributed by atoms with van der Waals surface area (Å²) in [6.07, 6.45) is 0. The molecule has 0 aliphatic heterocycles. The molecule has 1 amide bonds. The molecule has 170 valence electrons. The van der Waals surface area contributed by atoms with Crippen LogP contribution in [0, 0.1) is 11.3 Å². The van der Waals surface area contributed by atoms with Gasteiger partial charge in [0.1, 0.15) is 18.1 Å². The fourth-order valence-electron chi connectivity index (χ4n) is 3.13. The van der Waals surface area contributed by atoms with Gasteiger partial charge in [0.25, 0.3) is 0 Å². The number of nitrogens with one attached hydrogen (secondary N) is 1. The van der Waals surface area contributed by atoms with Crippen LogP contribution in [0.3, 0.4) is 0 Å². The number of thioether (sulfide) groups is 1. The number of para-hydroxylation sites is 1. The van der Waals surface area contributed by atoms with Crippen LogP contribution in [0.4, 0.5) is 5.69 Å². The summed E-state index contributed by atoms with van der Waals surface area (Å²) in [6.45, 7) is 0.171. The largest absolute Gasteiger partial charge is 0.497 e. The zero-order chi connectivity index (χ0) is 23.8. The van der Waals surface area contributed by atoms with Crippen LogP contribution in [0.15, 0.2) is 84.0 Å². The third kappa shape index (κ3) is 5.74. The highest BCUT2D eigenvalue weighted by Crippen LogP contribution is 2.24. The molecular weight excluding hydrogens is 450 g/mol. The average Bonchev–Trinajstić information content (AvgIpc) is 3.30. The van der Waals surface area contributed by atoms with E-state index in [1.54, 1.807) is 43.5 Å². The maximum Gasteiger partial charge on any atom is 0.234 e. The summed E-state index contributed by atoms with van der Waals surface area (Å²) in [6, 6.07) is 25.8. The Balaban J connectivity index is 1.47. The number of carbonyl (C=O) groups is 1. The minimum atomic E-state index is -0.170. The topological polar surface area (TPSA) is 102 Å². The number of benzene rings is 3. The van der Waals surface area contributed by atoms with Crippen molar-refractivity contribution in [2.24, 2.45) is 0 Å². The number of anilines is 1. The van der Waals surface area contributed by atoms with Gasteiger partial charge in [-0.25, -0.2) is 0 Å². The summed E-state index contributed by atoms with van der Waals surface area (Å²) in [7, 11) is 1.58. The Hall–Kier alpha value is -4.29. The Bertz CT molecular complexity index is 1300. The molecule has 0 atom stereocenters. The first-order chi connectivity index (χ1) is 16.7. The van der Waals surface area contributed by atoms with Crippen molar-refractivity contribution < 1.29 is 14.3 Å². The Labute approximate surface area is 201 Å². The van der Waals surface area contributed by atoms with Crippen LogP contribution in [0.25, 0.3) is 5.69 Å². The molecule has 0 radical (unpaired) electrons. The van der Waals surface area contributed by atoms with E-state index in [0.29, 0.717) is 33.7 Å². The Morgan fingerprint density at radius 1 is 1.03 bits per heavy atom. The van der Waals surface area contributed by atoms with E-state index < -0.39 is 0 Å². The number of ether oxygens (including phenoxy) is 2. The maximum absolute atomic E-state index is 12.5. The first kappa shape index (κ1) is 22.9. The summed E-state index contributed by atoms with van der Waals surface area (Å²) in [5, 5.41) is 21.0. The third-order valence-electron chi connectivity index (χ3n) is 4.75. The standard InChI is InChI=1S/C25H21N5O3S/c1-32-22-9-5-6-19(14-22)27-24(31)17-34-25-29-28-23(30(25)20-7-3-2-4-8-20)16-33-21-12-10-18(15-26)11-13-21/h2-14H,16-17H2,1H3,(H,27,31). The van der Waals surface area contributed by atoms with E-state index in [2.05, 4.69) is 21.6 Å². The van der Waals surface area contributed by atoms with Crippen molar-refractivity contribution in [3.8, 4) is 23.3 Å². The molecule has 1 heterocycles. The zero-order valence-electron chi connectivity index (χ0n) is 18.3. The van der Waals surface area contributed by atoms with Gasteiger partial charge in [0.15, 0.2) is 11.0 Å². The van der Waals surface area contributed by atoms with Crippen LogP contribution in [-0.2, 0) is 11.4 Å². The van der Waals surface area contributed by atoms with Gasteiger partial charge in [-0.1, -0.05) is 36.0 Å². The molecule has 0 bridgehead atoms. The highest BCUT2D eigenvalue weighted by atomic mass is 32.2. The lowest BCUT2D eigenvalue weighted by Gasteiger charge is -2.11. The minimum Gasteiger partial charge on any atom is -0.497 e. The fraction of sp³-hybridized carbons (Fsp3) is 0.120. The first-order valence-corrected chi connectivity index (χ1v) is 11.3. The normalized spacial score (nSPS) is 10.4. The van der Waals surface area contributed by atoms with Gasteiger partial charge >= 0.3 is 0 Å². The van der Waals surface area contributed by atoms with E-state index in [-0.39, 0.29) is 18.3 Å². The lowest BCUT2D eigenvalue weighted by Crippen LogP contribution is -2.14. The van der Waals surface area contributed by atoms with Crippen LogP contribution >= 0.6 is 11.8 Å². The van der Waals surface area contributed by atoms with E-state index in [0.717, 1.165) is 5.69 Å². The summed E-state index contributed by atoms with van der Waals surface area (Å²) in [4.78, 5) is 12.5. The quantitative estimate of drug-likeness (QED) is 0.360. The summed E-state index contributed by atoms with van der Waals surface area (Å²) in [5.74, 6) is 1.86. The van der Waals surface area contributed by atoms with Gasteiger partial charge in [-0.3, -0.25) is 9.36 Å². The molecule has 0 saturated heterocycles. The van der Waals surface area contributed by atoms with Crippen molar-refractivity contribution >= 4 is 23.4 Å². The molecule has 9 heteroatoms. The first-order valence-electron chi connectivity index (χ1n) is 10.4. The number of rotatable bonds is 9. The highest BCUT2D eigenvalue weighted by molar-refractivity contribution is 7.99. The molecule has 0 fully saturated rings. The van der Waals surface area contributed by atoms with Crippen molar-refractivity contribution in [3.05, 3.63) is 90.3 Å². The van der Waals surface area contributed by atoms with E-state index in [9.17, 15) is 4.79 Å². The number of nitrogens with zero attached hydrogens (tertiary/aromatic N) is 4. The number of nitriles is 1. The molecule has 0 unspecified atom stereocenters. The number of hydrogen-bond donors (Lipinski definition) is 1. The predicted octanol–water partition coefficient (Wildman–Crippen LogP) is 4.46. The third-order valence-corrected chi connectivity index (χ3v) is 5.68. The second-order valence-corrected chi connectivity index (χ2v) is 8.01. The molecule has 3 aromatic carbocycles. The van der Waals surface area contributed by atoms with Gasteiger partial charge in [0.2, 0.25) is 5.91 Å². The predicted molar refractivity (Wildman–Crippen MR) is 129 cm³/mol. The second kappa shape index (κ2) is 11.0. The molecule has 0 spiro atoms. The van der Waals surface area contributed by atoms with Crippen LogP contribution in [0.2, 0.25) is 0 Å². The smallest absolute Gasteiger partial charge is 0.234 e. The molecule has 4 rings (SSSR count). The zero-order valence-corrected chi connectivity index (χ0v) is 19.2. The van der Waals surface area contributed by atoms with Crippen LogP contribution in [-0.4, -0.2) is 33.5 Å². The van der Waals surface area contributed by atoms with E-state index in [4.69, 9.17) is 14.7 Å². The van der Waals surface area contributed by atoms with E-state index in [1.807, 2.05) is 47.0 Å². The van der Waals surface area contributed by atoms with E-state index >= 15 is 0 Å². The fourth-order valence-corrected chi connectivity index (χ4v) is 3.90. The molecular formula is C25H21N5O3S. The van der Waals surface area contributed by atoms with Crippen molar-refractivity contribution in [1.29, 1.82) is 5.26 Å². The van der Waals surface area contributed by atoms with Crippen LogP contribution < -0.4 is 14.8 Å². The van der Waals surface area contributed by atoms with Crippen molar-refractivity contribution in [2.45, 2.75) is 11.8 Å². The van der Waals surface area contributed by atoms with Gasteiger partial charge in [0, 0.05) is 17.4 Å². The SMILES string of the molecule is COc1cccc(NC(=O)CSc2nnc(COc3ccc(C#N)cc3)n2-c2ccccc2)c1. The van der Waals surface area contributed by atoms with Crippen LogP contribution in [0.5, 0.6) is 11.5 Å². The number of methoxy groups -OCH3 is 1. The molecule has 34 heavy (non-hydrogen) atoms. The van der Waals surface area contributed by atoms with Crippen LogP contribution in [0.1, 0.15) is 11.4 Å². The Kier molecular flexibility index (Phi) is 7.42. The molecule has 0 saturated carbocycles. The van der Waals surface area contributed by atoms with Crippen molar-refractivity contribution in [2.75, 3.05) is 18.2 Å². The van der Waals surface area contributed by atoms with Gasteiger partial charge < -0.3 is 14.8 Å². The molecule has 4 aromatic rings. The number of carbonyl (C=O) groups excluding carboxylic acids is 1. The Morgan fingerprint density at radius 2 is 1.82 bits per heavy atom. The van der Waals surface area contributed by atoms with Gasteiger partial charge in [0.05, 0.1) is 24.5 Å². The van der Waals surface area contributed by atoms with Crippen molar-refractivity contribution in [1.82, 2.24) is 14.8 Å². The summed E-state index contributed by atoms with van der Waals surface area (Å²) >= 11 is 1.28. The van der Waals surface area contributed by atoms with E-state index in [1.165, 1.54) is 11.8 Å². The lowest BCUT2D eigenvalue weighted by atomic mass is 10.2. The second-order valence-electron chi connectivity index (χ2n) is 7.06. The molecule has 0 aliphatic rings. The highest BCUT2D eigenvalue weighted by Gasteiger charge is 2.16. The van der Waals surface area contributed by atoms with Crippen molar-refractivity contribution in [3.63, 3.8) is 0 Å². The molecule has 1 N–H and O–H groups in total. The number of amides is 1. The maximum atomic E-state index is 12.5. The molecule has 0 aliphatic carbocycles. The monoisotopic (exact) mass is 471 g/mol. The number of hydrogen-bond acceptors (Lipinski definition) is 7. The van der Waals surface area contributed by atoms with Gasteiger partial charge in [-0.05, 0) is 48.5 Å². The summed E-state index contributed by atoms with van der Waals surface area (Å²) in [5.41, 5.74) is 2.08. The summed E-state index contributed by atoms with van der Waals surface area (Å²) < 4.78 is 12.9. The minimum absolute atomic E-state index is 0.151. The average molecular weight is 472 g/mol. The Morgan fingerprint density at radius 3 is 2.56 bits per heavy atom. The van der Waals surface area contributed by atoms with Gasteiger partial charge in [-0.2, -0.15) is 5.26 Å². The molecule has 1 aromatic heterocycles. The lowest BCUT2D eigenvalue weighted by molar-refractivity contribution is -0.113. The van der Waals surface area contributed by atoms with Gasteiger partial charge in [-0.15, -0.1) is 10.2 Å². The number of aromatic nitrogens is 3. The molecule has 8 nitrogen and oxygen atoms in total.